The molecule has 2 rings (SSSR count). The number of hydrogen-bond donors (Lipinski definition) is 0. The van der Waals surface area contributed by atoms with Crippen molar-refractivity contribution in [1.29, 1.82) is 0 Å². The number of aromatic nitrogens is 1. The van der Waals surface area contributed by atoms with Crippen LogP contribution < -0.4 is 4.74 Å². The fraction of sp³-hybridized carbons (Fsp3) is 0.609. The van der Waals surface area contributed by atoms with E-state index in [4.69, 9.17) is 4.74 Å². The van der Waals surface area contributed by atoms with E-state index >= 15 is 0 Å². The zero-order valence-corrected chi connectivity index (χ0v) is 21.7. The van der Waals surface area contributed by atoms with Crippen LogP contribution in [0.4, 0.5) is 4.79 Å². The lowest BCUT2D eigenvalue weighted by molar-refractivity contribution is 0.156. The highest BCUT2D eigenvalue weighted by molar-refractivity contribution is 8.01. The van der Waals surface area contributed by atoms with Crippen LogP contribution in [0.5, 0.6) is 5.75 Å². The van der Waals surface area contributed by atoms with Crippen LogP contribution in [-0.2, 0) is 0 Å². The molecule has 29 heavy (non-hydrogen) atoms. The smallest absolute Gasteiger partial charge is 0.409 e. The van der Waals surface area contributed by atoms with Gasteiger partial charge in [-0.2, -0.15) is 0 Å². The average molecular weight is 435 g/mol. The highest BCUT2D eigenvalue weighted by Gasteiger charge is 2.38. The third-order valence-corrected chi connectivity index (χ3v) is 12.4. The van der Waals surface area contributed by atoms with Gasteiger partial charge in [-0.15, -0.1) is 11.8 Å². The third kappa shape index (κ3) is 5.02. The number of ether oxygens (including phenoxy) is 1. The van der Waals surface area contributed by atoms with Gasteiger partial charge in [-0.05, 0) is 43.3 Å². The van der Waals surface area contributed by atoms with Crippen molar-refractivity contribution in [3.63, 3.8) is 0 Å². The van der Waals surface area contributed by atoms with E-state index in [0.717, 1.165) is 4.90 Å². The molecule has 0 unspecified atom stereocenters. The molecule has 0 N–H and O–H groups in total. The van der Waals surface area contributed by atoms with Gasteiger partial charge in [0.1, 0.15) is 5.75 Å². The summed E-state index contributed by atoms with van der Waals surface area (Å²) in [4.78, 5) is 15.4. The van der Waals surface area contributed by atoms with Crippen molar-refractivity contribution in [3.8, 4) is 5.75 Å². The van der Waals surface area contributed by atoms with Crippen molar-refractivity contribution >= 4 is 37.0 Å². The van der Waals surface area contributed by atoms with E-state index in [1.165, 1.54) is 10.9 Å². The Hall–Kier alpha value is -1.40. The summed E-state index contributed by atoms with van der Waals surface area (Å²) in [5.41, 5.74) is 1.23. The van der Waals surface area contributed by atoms with Crippen LogP contribution in [0.15, 0.2) is 29.3 Å². The average Bonchev–Trinajstić information content (AvgIpc) is 3.01. The molecule has 0 bridgehead atoms. The number of hydrogen-bond acceptors (Lipinski definition) is 3. The minimum Gasteiger partial charge on any atom is -0.409 e. The summed E-state index contributed by atoms with van der Waals surface area (Å²) in [5.74, 6) is 0.655. The molecular formula is C23H38N2O2SSi. The molecule has 0 aliphatic heterocycles. The molecule has 2 aromatic rings. The number of carbonyl (C=O) groups excluding carboxylic acids is 1. The van der Waals surface area contributed by atoms with Gasteiger partial charge in [-0.3, -0.25) is 0 Å². The standard InChI is InChI=1S/C23H38N2O2SSi/c1-11-24(12-2)21(26)27-19-14-13-18-17(20(19)28-22(3,4)5)15-16-25(18)29(9,10)23(6,7)8/h13-16H,11-12H2,1-10H3. The normalized spacial score (nSPS) is 13.0. The van der Waals surface area contributed by atoms with Gasteiger partial charge in [-0.25, -0.2) is 4.79 Å². The lowest BCUT2D eigenvalue weighted by Crippen LogP contribution is -2.44. The maximum absolute atomic E-state index is 12.6. The van der Waals surface area contributed by atoms with Gasteiger partial charge in [0.25, 0.3) is 0 Å². The Morgan fingerprint density at radius 3 is 2.14 bits per heavy atom. The first-order chi connectivity index (χ1) is 13.2. The maximum Gasteiger partial charge on any atom is 0.415 e. The molecule has 0 aliphatic rings. The molecule has 4 nitrogen and oxygen atoms in total. The zero-order valence-electron chi connectivity index (χ0n) is 19.8. The van der Waals surface area contributed by atoms with E-state index in [1.807, 2.05) is 19.9 Å². The second kappa shape index (κ2) is 8.38. The van der Waals surface area contributed by atoms with Crippen molar-refractivity contribution in [3.05, 3.63) is 24.4 Å². The van der Waals surface area contributed by atoms with E-state index in [2.05, 4.69) is 77.2 Å². The molecule has 6 heteroatoms. The van der Waals surface area contributed by atoms with Gasteiger partial charge in [0.15, 0.2) is 8.24 Å². The van der Waals surface area contributed by atoms with E-state index in [1.54, 1.807) is 16.7 Å². The van der Waals surface area contributed by atoms with Gasteiger partial charge in [-0.1, -0.05) is 54.6 Å². The quantitative estimate of drug-likeness (QED) is 0.368. The number of fused-ring (bicyclic) bond motifs is 1. The lowest BCUT2D eigenvalue weighted by Gasteiger charge is -2.38. The summed E-state index contributed by atoms with van der Waals surface area (Å²) in [6, 6.07) is 6.29. The van der Waals surface area contributed by atoms with Crippen LogP contribution in [0.1, 0.15) is 55.4 Å². The Bertz CT molecular complexity index is 871. The van der Waals surface area contributed by atoms with Crippen molar-refractivity contribution in [2.45, 2.75) is 83.2 Å². The second-order valence-electron chi connectivity index (χ2n) is 10.1. The van der Waals surface area contributed by atoms with Crippen LogP contribution in [0, 0.1) is 0 Å². The molecular weight excluding hydrogens is 396 g/mol. The minimum absolute atomic E-state index is 0.00368. The van der Waals surface area contributed by atoms with E-state index < -0.39 is 8.24 Å². The van der Waals surface area contributed by atoms with Crippen LogP contribution in [0.2, 0.25) is 18.1 Å². The molecule has 0 spiro atoms. The maximum atomic E-state index is 12.6. The number of amides is 1. The number of rotatable bonds is 5. The summed E-state index contributed by atoms with van der Waals surface area (Å²) in [6.07, 6.45) is 1.94. The van der Waals surface area contributed by atoms with E-state index in [-0.39, 0.29) is 15.9 Å². The highest BCUT2D eigenvalue weighted by atomic mass is 32.2. The third-order valence-electron chi connectivity index (χ3n) is 5.85. The van der Waals surface area contributed by atoms with Crippen LogP contribution in [0.3, 0.4) is 0 Å². The molecule has 0 aliphatic carbocycles. The van der Waals surface area contributed by atoms with Gasteiger partial charge < -0.3 is 13.9 Å². The number of nitrogens with zero attached hydrogens (tertiary/aromatic N) is 2. The molecule has 0 atom stereocenters. The molecule has 1 amide bonds. The monoisotopic (exact) mass is 434 g/mol. The molecule has 162 valence electrons. The summed E-state index contributed by atoms with van der Waals surface area (Å²) >= 11 is 1.76. The topological polar surface area (TPSA) is 34.5 Å². The summed E-state index contributed by atoms with van der Waals surface area (Å²) in [7, 11) is -1.76. The first-order valence-electron chi connectivity index (χ1n) is 10.5. The molecule has 0 saturated carbocycles. The minimum atomic E-state index is -1.76. The molecule has 0 radical (unpaired) electrons. The predicted molar refractivity (Wildman–Crippen MR) is 129 cm³/mol. The molecule has 1 heterocycles. The lowest BCUT2D eigenvalue weighted by atomic mass is 10.2. The number of thioether (sulfide) groups is 1. The SMILES string of the molecule is CCN(CC)C(=O)Oc1ccc2c(ccn2[Si](C)(C)C(C)(C)C)c1SC(C)(C)C. The van der Waals surface area contributed by atoms with E-state index in [0.29, 0.717) is 18.8 Å². The van der Waals surface area contributed by atoms with Crippen LogP contribution in [-0.4, -0.2) is 41.3 Å². The zero-order chi connectivity index (χ0) is 22.2. The van der Waals surface area contributed by atoms with Crippen LogP contribution >= 0.6 is 11.8 Å². The largest absolute Gasteiger partial charge is 0.415 e. The Balaban J connectivity index is 2.63. The second-order valence-corrected chi connectivity index (χ2v) is 17.0. The molecule has 0 fully saturated rings. The van der Waals surface area contributed by atoms with Gasteiger partial charge in [0, 0.05) is 28.7 Å². The first kappa shape index (κ1) is 23.9. The van der Waals surface area contributed by atoms with Crippen molar-refractivity contribution < 1.29 is 9.53 Å². The molecule has 1 aromatic carbocycles. The van der Waals surface area contributed by atoms with Gasteiger partial charge in [0.05, 0.1) is 4.90 Å². The fourth-order valence-electron chi connectivity index (χ4n) is 3.15. The summed E-state index contributed by atoms with van der Waals surface area (Å²) in [6.45, 7) is 23.6. The Morgan fingerprint density at radius 2 is 1.66 bits per heavy atom. The van der Waals surface area contributed by atoms with Crippen molar-refractivity contribution in [2.75, 3.05) is 13.1 Å². The first-order valence-corrected chi connectivity index (χ1v) is 14.3. The molecule has 0 saturated heterocycles. The summed E-state index contributed by atoms with van der Waals surface area (Å²) < 4.78 is 8.37. The van der Waals surface area contributed by atoms with Crippen molar-refractivity contribution in [2.24, 2.45) is 0 Å². The highest BCUT2D eigenvalue weighted by Crippen LogP contribution is 2.45. The van der Waals surface area contributed by atoms with Gasteiger partial charge in [0.2, 0.25) is 0 Å². The van der Waals surface area contributed by atoms with E-state index in [9.17, 15) is 4.79 Å². The predicted octanol–water partition coefficient (Wildman–Crippen LogP) is 7.23. The fourth-order valence-corrected chi connectivity index (χ4v) is 6.22. The number of benzene rings is 1. The van der Waals surface area contributed by atoms with Crippen LogP contribution in [0.25, 0.3) is 10.9 Å². The Kier molecular flexibility index (Phi) is 6.90. The van der Waals surface area contributed by atoms with Crippen molar-refractivity contribution in [1.82, 2.24) is 9.13 Å². The Morgan fingerprint density at radius 1 is 1.07 bits per heavy atom. The Labute approximate surface area is 182 Å². The number of carbonyl (C=O) groups is 1. The molecule has 1 aromatic heterocycles. The summed E-state index contributed by atoms with van der Waals surface area (Å²) in [5, 5.41) is 1.39. The van der Waals surface area contributed by atoms with Gasteiger partial charge >= 0.3 is 6.09 Å².